The number of carbonyl (C=O) groups is 1. The predicted molar refractivity (Wildman–Crippen MR) is 124 cm³/mol. The lowest BCUT2D eigenvalue weighted by atomic mass is 10.1. The predicted octanol–water partition coefficient (Wildman–Crippen LogP) is 4.47. The van der Waals surface area contributed by atoms with Crippen LogP contribution in [0.2, 0.25) is 0 Å². The first-order valence-electron chi connectivity index (χ1n) is 9.61. The van der Waals surface area contributed by atoms with Crippen LogP contribution < -0.4 is 14.8 Å². The van der Waals surface area contributed by atoms with Crippen molar-refractivity contribution < 1.29 is 17.9 Å². The molecule has 0 spiro atoms. The largest absolute Gasteiger partial charge is 0.484 e. The van der Waals surface area contributed by atoms with E-state index in [0.717, 1.165) is 10.5 Å². The third-order valence-electron chi connectivity index (χ3n) is 4.49. The average Bonchev–Trinajstić information content (AvgIpc) is 2.78. The molecule has 0 heterocycles. The highest BCUT2D eigenvalue weighted by Gasteiger charge is 2.18. The molecule has 2 N–H and O–H groups in total. The molecule has 3 rings (SSSR count). The number of hydrogen-bond acceptors (Lipinski definition) is 5. The van der Waals surface area contributed by atoms with E-state index in [0.29, 0.717) is 11.4 Å². The quantitative estimate of drug-likeness (QED) is 0.464. The first-order chi connectivity index (χ1) is 14.9. The third kappa shape index (κ3) is 6.58. The molecule has 0 radical (unpaired) electrons. The number of amides is 1. The van der Waals surface area contributed by atoms with Crippen LogP contribution in [0.3, 0.4) is 0 Å². The molecule has 0 bridgehead atoms. The summed E-state index contributed by atoms with van der Waals surface area (Å²) in [5.41, 5.74) is 1.57. The second-order valence-corrected chi connectivity index (χ2v) is 9.39. The molecule has 162 valence electrons. The molecule has 0 aliphatic heterocycles. The van der Waals surface area contributed by atoms with Gasteiger partial charge in [-0.15, -0.1) is 11.8 Å². The van der Waals surface area contributed by atoms with Crippen LogP contribution in [0.1, 0.15) is 18.5 Å². The van der Waals surface area contributed by atoms with Gasteiger partial charge in [0.25, 0.3) is 5.91 Å². The highest BCUT2D eigenvalue weighted by molar-refractivity contribution is 7.98. The summed E-state index contributed by atoms with van der Waals surface area (Å²) in [7, 11) is -3.69. The zero-order valence-electron chi connectivity index (χ0n) is 17.2. The maximum atomic E-state index is 12.6. The number of thioether (sulfide) groups is 1. The van der Waals surface area contributed by atoms with Crippen LogP contribution in [0.5, 0.6) is 5.75 Å². The molecule has 8 heteroatoms. The van der Waals surface area contributed by atoms with Gasteiger partial charge < -0.3 is 10.1 Å². The third-order valence-corrected chi connectivity index (χ3v) is 6.77. The molecule has 31 heavy (non-hydrogen) atoms. The highest BCUT2D eigenvalue weighted by Crippen LogP contribution is 2.21. The van der Waals surface area contributed by atoms with E-state index in [4.69, 9.17) is 4.74 Å². The summed E-state index contributed by atoms with van der Waals surface area (Å²) in [6.45, 7) is 1.61. The molecule has 1 amide bonds. The summed E-state index contributed by atoms with van der Waals surface area (Å²) in [6, 6.07) is 22.5. The zero-order valence-corrected chi connectivity index (χ0v) is 18.9. The number of sulfonamides is 1. The van der Waals surface area contributed by atoms with E-state index in [2.05, 4.69) is 10.0 Å². The maximum Gasteiger partial charge on any atom is 0.262 e. The highest BCUT2D eigenvalue weighted by atomic mass is 32.2. The van der Waals surface area contributed by atoms with Crippen molar-refractivity contribution in [2.45, 2.75) is 22.8 Å². The fourth-order valence-corrected chi connectivity index (χ4v) is 4.56. The van der Waals surface area contributed by atoms with Gasteiger partial charge in [0, 0.05) is 16.6 Å². The van der Waals surface area contributed by atoms with Crippen LogP contribution in [0.4, 0.5) is 5.69 Å². The molecule has 0 aliphatic carbocycles. The summed E-state index contributed by atoms with van der Waals surface area (Å²) in [5.74, 6) is 0.108. The van der Waals surface area contributed by atoms with Crippen LogP contribution in [0.25, 0.3) is 0 Å². The zero-order chi connectivity index (χ0) is 22.3. The van der Waals surface area contributed by atoms with Crippen LogP contribution >= 0.6 is 11.8 Å². The summed E-state index contributed by atoms with van der Waals surface area (Å²) >= 11 is 1.59. The molecule has 0 fully saturated rings. The van der Waals surface area contributed by atoms with E-state index in [1.54, 1.807) is 24.8 Å². The fourth-order valence-electron chi connectivity index (χ4n) is 2.87. The van der Waals surface area contributed by atoms with Gasteiger partial charge in [-0.25, -0.2) is 13.1 Å². The topological polar surface area (TPSA) is 84.5 Å². The van der Waals surface area contributed by atoms with Crippen molar-refractivity contribution in [3.05, 3.63) is 84.4 Å². The van der Waals surface area contributed by atoms with Crippen molar-refractivity contribution in [1.29, 1.82) is 0 Å². The number of carbonyl (C=O) groups excluding carboxylic acids is 1. The van der Waals surface area contributed by atoms with Gasteiger partial charge in [0.1, 0.15) is 5.75 Å². The van der Waals surface area contributed by atoms with Gasteiger partial charge in [-0.05, 0) is 61.2 Å². The number of rotatable bonds is 9. The summed E-state index contributed by atoms with van der Waals surface area (Å²) in [5, 5.41) is 2.78. The molecule has 3 aromatic rings. The van der Waals surface area contributed by atoms with Gasteiger partial charge in [-0.2, -0.15) is 0 Å². The number of nitrogens with one attached hydrogen (secondary N) is 2. The minimum absolute atomic E-state index is 0.126. The van der Waals surface area contributed by atoms with Gasteiger partial charge in [0.05, 0.1) is 4.90 Å². The summed E-state index contributed by atoms with van der Waals surface area (Å²) in [4.78, 5) is 13.3. The molecular formula is C23H24N2O4S2. The van der Waals surface area contributed by atoms with Crippen molar-refractivity contribution in [3.63, 3.8) is 0 Å². The second kappa shape index (κ2) is 10.5. The Hall–Kier alpha value is -2.81. The first-order valence-corrected chi connectivity index (χ1v) is 12.3. The molecule has 0 aromatic heterocycles. The Balaban J connectivity index is 1.56. The minimum Gasteiger partial charge on any atom is -0.484 e. The van der Waals surface area contributed by atoms with Crippen LogP contribution in [-0.4, -0.2) is 27.2 Å². The van der Waals surface area contributed by atoms with Gasteiger partial charge >= 0.3 is 0 Å². The van der Waals surface area contributed by atoms with E-state index >= 15 is 0 Å². The fraction of sp³-hybridized carbons (Fsp3) is 0.174. The molecule has 0 saturated carbocycles. The van der Waals surface area contributed by atoms with Crippen molar-refractivity contribution in [1.82, 2.24) is 4.72 Å². The normalized spacial score (nSPS) is 12.2. The lowest BCUT2D eigenvalue weighted by Gasteiger charge is -2.15. The van der Waals surface area contributed by atoms with E-state index in [9.17, 15) is 13.2 Å². The van der Waals surface area contributed by atoms with E-state index in [1.807, 2.05) is 54.8 Å². The van der Waals surface area contributed by atoms with Crippen molar-refractivity contribution in [2.75, 3.05) is 18.2 Å². The Morgan fingerprint density at radius 3 is 2.39 bits per heavy atom. The van der Waals surface area contributed by atoms with Crippen LogP contribution in [-0.2, 0) is 14.8 Å². The minimum atomic E-state index is -3.69. The average molecular weight is 457 g/mol. The monoisotopic (exact) mass is 456 g/mol. The van der Waals surface area contributed by atoms with Crippen LogP contribution in [0.15, 0.2) is 88.7 Å². The Morgan fingerprint density at radius 2 is 1.71 bits per heavy atom. The smallest absolute Gasteiger partial charge is 0.262 e. The number of anilines is 1. The maximum absolute atomic E-state index is 12.6. The molecule has 0 unspecified atom stereocenters. The molecule has 0 aliphatic rings. The van der Waals surface area contributed by atoms with E-state index < -0.39 is 10.0 Å². The number of benzene rings is 3. The first kappa shape index (κ1) is 22.9. The number of hydrogen-bond donors (Lipinski definition) is 2. The Morgan fingerprint density at radius 1 is 1.00 bits per heavy atom. The Labute approximate surface area is 187 Å². The molecule has 0 saturated heterocycles. The van der Waals surface area contributed by atoms with E-state index in [-0.39, 0.29) is 23.5 Å². The van der Waals surface area contributed by atoms with Crippen molar-refractivity contribution >= 4 is 33.4 Å². The lowest BCUT2D eigenvalue weighted by molar-refractivity contribution is -0.118. The Bertz CT molecular complexity index is 1120. The molecular weight excluding hydrogens is 432 g/mol. The lowest BCUT2D eigenvalue weighted by Crippen LogP contribution is -2.26. The van der Waals surface area contributed by atoms with Crippen molar-refractivity contribution in [2.24, 2.45) is 0 Å². The second-order valence-electron chi connectivity index (χ2n) is 6.79. The van der Waals surface area contributed by atoms with Gasteiger partial charge in [0.15, 0.2) is 6.61 Å². The Kier molecular flexibility index (Phi) is 7.73. The summed E-state index contributed by atoms with van der Waals surface area (Å²) < 4.78 is 33.4. The summed E-state index contributed by atoms with van der Waals surface area (Å²) in [6.07, 6.45) is 1.96. The SMILES string of the molecule is CSc1cccc(NC(=O)COc2ccc(S(=O)(=O)N[C@@H](C)c3ccccc3)cc2)c1. The standard InChI is InChI=1S/C23H24N2O4S2/c1-17(18-7-4-3-5-8-18)25-31(27,28)22-13-11-20(12-14-22)29-16-23(26)24-19-9-6-10-21(15-19)30-2/h3-15,17,25H,16H2,1-2H3,(H,24,26)/t17-/m0/s1. The number of ether oxygens (including phenoxy) is 1. The molecule has 3 aromatic carbocycles. The van der Waals surface area contributed by atoms with Crippen molar-refractivity contribution in [3.8, 4) is 5.75 Å². The molecule has 6 nitrogen and oxygen atoms in total. The van der Waals surface area contributed by atoms with Crippen LogP contribution in [0, 0.1) is 0 Å². The van der Waals surface area contributed by atoms with Gasteiger partial charge in [-0.3, -0.25) is 4.79 Å². The van der Waals surface area contributed by atoms with Gasteiger partial charge in [0.2, 0.25) is 10.0 Å². The van der Waals surface area contributed by atoms with Gasteiger partial charge in [-0.1, -0.05) is 36.4 Å². The van der Waals surface area contributed by atoms with E-state index in [1.165, 1.54) is 24.3 Å². The molecule has 1 atom stereocenters.